The molecule has 2 heterocycles. The standard InChI is InChI=1S/C15H17N3O2/c1-3-12-7-11(15(19)20)8-14(18-12)17-9-13-10(2)5-4-6-16-13/h4-8H,3,9H2,1-2H3,(H,17,18)(H,19,20). The molecule has 20 heavy (non-hydrogen) atoms. The predicted molar refractivity (Wildman–Crippen MR) is 76.9 cm³/mol. The number of rotatable bonds is 5. The van der Waals surface area contributed by atoms with Crippen LogP contribution in [0.5, 0.6) is 0 Å². The third-order valence-electron chi connectivity index (χ3n) is 3.04. The minimum Gasteiger partial charge on any atom is -0.478 e. The summed E-state index contributed by atoms with van der Waals surface area (Å²) >= 11 is 0. The zero-order valence-corrected chi connectivity index (χ0v) is 11.6. The number of carboxylic acid groups (broad SMARTS) is 1. The Balaban J connectivity index is 2.19. The highest BCUT2D eigenvalue weighted by molar-refractivity contribution is 5.88. The van der Waals surface area contributed by atoms with Crippen molar-refractivity contribution in [2.45, 2.75) is 26.8 Å². The second-order valence-electron chi connectivity index (χ2n) is 4.51. The molecule has 2 N–H and O–H groups in total. The molecule has 2 rings (SSSR count). The number of anilines is 1. The Labute approximate surface area is 117 Å². The largest absolute Gasteiger partial charge is 0.478 e. The van der Waals surface area contributed by atoms with Crippen LogP contribution in [0, 0.1) is 6.92 Å². The van der Waals surface area contributed by atoms with Gasteiger partial charge in [0, 0.05) is 11.9 Å². The van der Waals surface area contributed by atoms with E-state index in [2.05, 4.69) is 15.3 Å². The molecule has 0 aliphatic heterocycles. The van der Waals surface area contributed by atoms with Crippen LogP contribution < -0.4 is 5.32 Å². The monoisotopic (exact) mass is 271 g/mol. The fraction of sp³-hybridized carbons (Fsp3) is 0.267. The molecule has 0 unspecified atom stereocenters. The van der Waals surface area contributed by atoms with Gasteiger partial charge in [0.25, 0.3) is 0 Å². The average molecular weight is 271 g/mol. The third kappa shape index (κ3) is 3.32. The number of carboxylic acids is 1. The zero-order valence-electron chi connectivity index (χ0n) is 11.6. The molecule has 0 aliphatic rings. The van der Waals surface area contributed by atoms with Crippen LogP contribution in [0.3, 0.4) is 0 Å². The van der Waals surface area contributed by atoms with Gasteiger partial charge in [-0.15, -0.1) is 0 Å². The van der Waals surface area contributed by atoms with Crippen LogP contribution in [0.2, 0.25) is 0 Å². The summed E-state index contributed by atoms with van der Waals surface area (Å²) in [7, 11) is 0. The maximum Gasteiger partial charge on any atom is 0.335 e. The number of nitrogens with one attached hydrogen (secondary N) is 1. The van der Waals surface area contributed by atoms with Crippen molar-refractivity contribution in [2.24, 2.45) is 0 Å². The lowest BCUT2D eigenvalue weighted by Gasteiger charge is -2.09. The number of aryl methyl sites for hydroxylation is 2. The van der Waals surface area contributed by atoms with Gasteiger partial charge < -0.3 is 10.4 Å². The van der Waals surface area contributed by atoms with E-state index in [-0.39, 0.29) is 5.56 Å². The van der Waals surface area contributed by atoms with Crippen molar-refractivity contribution in [3.05, 3.63) is 53.0 Å². The van der Waals surface area contributed by atoms with Gasteiger partial charge in [0.15, 0.2) is 0 Å². The van der Waals surface area contributed by atoms with E-state index < -0.39 is 5.97 Å². The number of aromatic carboxylic acids is 1. The van der Waals surface area contributed by atoms with E-state index in [9.17, 15) is 4.79 Å². The highest BCUT2D eigenvalue weighted by Gasteiger charge is 2.08. The van der Waals surface area contributed by atoms with E-state index in [0.29, 0.717) is 18.8 Å². The number of hydrogen-bond acceptors (Lipinski definition) is 4. The summed E-state index contributed by atoms with van der Waals surface area (Å²) in [4.78, 5) is 19.7. The summed E-state index contributed by atoms with van der Waals surface area (Å²) in [6.45, 7) is 4.45. The van der Waals surface area contributed by atoms with Crippen molar-refractivity contribution in [3.63, 3.8) is 0 Å². The van der Waals surface area contributed by atoms with Crippen molar-refractivity contribution < 1.29 is 9.90 Å². The number of carbonyl (C=O) groups is 1. The van der Waals surface area contributed by atoms with Crippen LogP contribution in [-0.2, 0) is 13.0 Å². The molecular weight excluding hydrogens is 254 g/mol. The van der Waals surface area contributed by atoms with Gasteiger partial charge in [0.1, 0.15) is 5.82 Å². The van der Waals surface area contributed by atoms with Gasteiger partial charge >= 0.3 is 5.97 Å². The lowest BCUT2D eigenvalue weighted by Crippen LogP contribution is -2.08. The summed E-state index contributed by atoms with van der Waals surface area (Å²) < 4.78 is 0. The van der Waals surface area contributed by atoms with Crippen LogP contribution in [-0.4, -0.2) is 21.0 Å². The molecular formula is C15H17N3O2. The highest BCUT2D eigenvalue weighted by atomic mass is 16.4. The Kier molecular flexibility index (Phi) is 4.30. The van der Waals surface area contributed by atoms with Gasteiger partial charge in [-0.1, -0.05) is 13.0 Å². The molecule has 0 aromatic carbocycles. The molecule has 0 radical (unpaired) electrons. The third-order valence-corrected chi connectivity index (χ3v) is 3.04. The van der Waals surface area contributed by atoms with E-state index in [1.54, 1.807) is 18.3 Å². The van der Waals surface area contributed by atoms with Crippen LogP contribution in [0.1, 0.15) is 34.2 Å². The first kappa shape index (κ1) is 14.0. The van der Waals surface area contributed by atoms with Crippen molar-refractivity contribution in [2.75, 3.05) is 5.32 Å². The van der Waals surface area contributed by atoms with Crippen molar-refractivity contribution in [1.82, 2.24) is 9.97 Å². The van der Waals surface area contributed by atoms with Crippen molar-refractivity contribution >= 4 is 11.8 Å². The summed E-state index contributed by atoms with van der Waals surface area (Å²) in [5, 5.41) is 12.2. The van der Waals surface area contributed by atoms with Crippen molar-refractivity contribution in [1.29, 1.82) is 0 Å². The molecule has 0 saturated heterocycles. The van der Waals surface area contributed by atoms with E-state index in [0.717, 1.165) is 17.0 Å². The fourth-order valence-electron chi connectivity index (χ4n) is 1.86. The van der Waals surface area contributed by atoms with Gasteiger partial charge in [-0.2, -0.15) is 0 Å². The molecule has 0 fully saturated rings. The lowest BCUT2D eigenvalue weighted by atomic mass is 10.2. The number of pyridine rings is 2. The zero-order chi connectivity index (χ0) is 14.5. The molecule has 5 nitrogen and oxygen atoms in total. The van der Waals surface area contributed by atoms with Crippen LogP contribution in [0.15, 0.2) is 30.5 Å². The predicted octanol–water partition coefficient (Wildman–Crippen LogP) is 2.66. The Morgan fingerprint density at radius 1 is 1.40 bits per heavy atom. The lowest BCUT2D eigenvalue weighted by molar-refractivity contribution is 0.0696. The van der Waals surface area contributed by atoms with Gasteiger partial charge in [-0.25, -0.2) is 9.78 Å². The first-order valence-corrected chi connectivity index (χ1v) is 6.48. The van der Waals surface area contributed by atoms with Crippen LogP contribution >= 0.6 is 0 Å². The summed E-state index contributed by atoms with van der Waals surface area (Å²) in [6, 6.07) is 7.01. The first-order valence-electron chi connectivity index (χ1n) is 6.48. The van der Waals surface area contributed by atoms with Crippen LogP contribution in [0.4, 0.5) is 5.82 Å². The molecule has 2 aromatic heterocycles. The smallest absolute Gasteiger partial charge is 0.335 e. The van der Waals surface area contributed by atoms with Gasteiger partial charge in [-0.3, -0.25) is 4.98 Å². The number of aromatic nitrogens is 2. The first-order chi connectivity index (χ1) is 9.60. The van der Waals surface area contributed by atoms with E-state index >= 15 is 0 Å². The molecule has 0 atom stereocenters. The topological polar surface area (TPSA) is 75.1 Å². The second-order valence-corrected chi connectivity index (χ2v) is 4.51. The molecule has 0 saturated carbocycles. The maximum atomic E-state index is 11.1. The number of hydrogen-bond donors (Lipinski definition) is 2. The average Bonchev–Trinajstić information content (AvgIpc) is 2.46. The Hall–Kier alpha value is -2.43. The van der Waals surface area contributed by atoms with Crippen LogP contribution in [0.25, 0.3) is 0 Å². The van der Waals surface area contributed by atoms with Gasteiger partial charge in [0.05, 0.1) is 17.8 Å². The molecule has 2 aromatic rings. The molecule has 5 heteroatoms. The quantitative estimate of drug-likeness (QED) is 0.874. The Morgan fingerprint density at radius 3 is 2.85 bits per heavy atom. The minimum absolute atomic E-state index is 0.247. The Bertz CT molecular complexity index is 626. The summed E-state index contributed by atoms with van der Waals surface area (Å²) in [5.41, 5.74) is 3.01. The molecule has 0 aliphatic carbocycles. The normalized spacial score (nSPS) is 10.3. The van der Waals surface area contributed by atoms with Gasteiger partial charge in [0.2, 0.25) is 0 Å². The molecule has 0 spiro atoms. The summed E-state index contributed by atoms with van der Waals surface area (Å²) in [5.74, 6) is -0.383. The van der Waals surface area contributed by atoms with Gasteiger partial charge in [-0.05, 0) is 37.1 Å². The van der Waals surface area contributed by atoms with Crippen molar-refractivity contribution in [3.8, 4) is 0 Å². The molecule has 0 bridgehead atoms. The molecule has 0 amide bonds. The molecule has 104 valence electrons. The summed E-state index contributed by atoms with van der Waals surface area (Å²) in [6.07, 6.45) is 2.43. The van der Waals surface area contributed by atoms with E-state index in [1.165, 1.54) is 0 Å². The maximum absolute atomic E-state index is 11.1. The number of nitrogens with zero attached hydrogens (tertiary/aromatic N) is 2. The Morgan fingerprint density at radius 2 is 2.20 bits per heavy atom. The van der Waals surface area contributed by atoms with E-state index in [4.69, 9.17) is 5.11 Å². The second kappa shape index (κ2) is 6.14. The minimum atomic E-state index is -0.945. The van der Waals surface area contributed by atoms with E-state index in [1.807, 2.05) is 26.0 Å². The highest BCUT2D eigenvalue weighted by Crippen LogP contribution is 2.13. The SMILES string of the molecule is CCc1cc(C(=O)O)cc(NCc2ncccc2C)n1. The fourth-order valence-corrected chi connectivity index (χ4v) is 1.86.